The molecule has 0 aromatic carbocycles. The Labute approximate surface area is 148 Å². The van der Waals surface area contributed by atoms with E-state index in [1.165, 1.54) is 16.2 Å². The van der Waals surface area contributed by atoms with Crippen molar-refractivity contribution in [3.8, 4) is 0 Å². The van der Waals surface area contributed by atoms with Gasteiger partial charge in [-0.2, -0.15) is 0 Å². The molecule has 0 bridgehead atoms. The second-order valence-corrected chi connectivity index (χ2v) is 6.91. The Morgan fingerprint density at radius 2 is 2.24 bits per heavy atom. The zero-order valence-electron chi connectivity index (χ0n) is 14.2. The van der Waals surface area contributed by atoms with Crippen LogP contribution in [0.5, 0.6) is 0 Å². The van der Waals surface area contributed by atoms with Crippen LogP contribution in [0.1, 0.15) is 17.3 Å². The molecule has 1 atom stereocenters. The van der Waals surface area contributed by atoms with Gasteiger partial charge in [0.2, 0.25) is 16.9 Å². The van der Waals surface area contributed by atoms with Crippen LogP contribution in [0.2, 0.25) is 0 Å². The Morgan fingerprint density at radius 1 is 1.44 bits per heavy atom. The van der Waals surface area contributed by atoms with Crippen LogP contribution in [0.15, 0.2) is 6.33 Å². The van der Waals surface area contributed by atoms with Crippen LogP contribution in [0.4, 0.5) is 5.13 Å². The summed E-state index contributed by atoms with van der Waals surface area (Å²) >= 11 is 1.30. The standard InChI is InChI=1S/C14H19N7O3S/c1-19(6-10-16-15-8-20(10)2)13(23)9-4-12(22)21(5-9)14-18-17-11(25-14)7-24-3/h8-9H,4-7H2,1-3H3. The number of anilines is 1. The highest BCUT2D eigenvalue weighted by Gasteiger charge is 2.38. The molecule has 1 aliphatic heterocycles. The Kier molecular flexibility index (Phi) is 5.04. The van der Waals surface area contributed by atoms with E-state index in [1.54, 1.807) is 30.0 Å². The fraction of sp³-hybridized carbons (Fsp3) is 0.571. The molecule has 1 fully saturated rings. The van der Waals surface area contributed by atoms with Gasteiger partial charge in [-0.15, -0.1) is 20.4 Å². The highest BCUT2D eigenvalue weighted by Crippen LogP contribution is 2.29. The summed E-state index contributed by atoms with van der Waals surface area (Å²) in [5.41, 5.74) is 0. The topological polar surface area (TPSA) is 106 Å². The van der Waals surface area contributed by atoms with Crippen LogP contribution in [-0.4, -0.2) is 62.4 Å². The molecule has 3 heterocycles. The number of hydrogen-bond acceptors (Lipinski definition) is 8. The van der Waals surface area contributed by atoms with Crippen molar-refractivity contribution in [3.63, 3.8) is 0 Å². The quantitative estimate of drug-likeness (QED) is 0.699. The maximum absolute atomic E-state index is 12.6. The van der Waals surface area contributed by atoms with E-state index in [1.807, 2.05) is 7.05 Å². The molecule has 11 heteroatoms. The van der Waals surface area contributed by atoms with Gasteiger partial charge in [0.25, 0.3) is 0 Å². The molecule has 2 aromatic rings. The van der Waals surface area contributed by atoms with Crippen LogP contribution in [-0.2, 0) is 34.5 Å². The van der Waals surface area contributed by atoms with Gasteiger partial charge in [0.1, 0.15) is 17.9 Å². The van der Waals surface area contributed by atoms with Crippen molar-refractivity contribution in [2.24, 2.45) is 13.0 Å². The van der Waals surface area contributed by atoms with Crippen molar-refractivity contribution in [2.45, 2.75) is 19.6 Å². The molecule has 10 nitrogen and oxygen atoms in total. The van der Waals surface area contributed by atoms with E-state index in [9.17, 15) is 9.59 Å². The number of carbonyl (C=O) groups excluding carboxylic acids is 2. The van der Waals surface area contributed by atoms with E-state index in [4.69, 9.17) is 4.74 Å². The van der Waals surface area contributed by atoms with Crippen LogP contribution in [0.25, 0.3) is 0 Å². The molecule has 0 N–H and O–H groups in total. The summed E-state index contributed by atoms with van der Waals surface area (Å²) in [6.07, 6.45) is 1.75. The molecule has 0 aliphatic carbocycles. The highest BCUT2D eigenvalue weighted by molar-refractivity contribution is 7.15. The zero-order chi connectivity index (χ0) is 18.0. The molecule has 3 rings (SSSR count). The average Bonchev–Trinajstić information content (AvgIpc) is 3.28. The molecule has 0 radical (unpaired) electrons. The number of hydrogen-bond donors (Lipinski definition) is 0. The van der Waals surface area contributed by atoms with Gasteiger partial charge in [-0.05, 0) is 0 Å². The van der Waals surface area contributed by atoms with E-state index < -0.39 is 5.92 Å². The summed E-state index contributed by atoms with van der Waals surface area (Å²) in [7, 11) is 5.09. The van der Waals surface area contributed by atoms with E-state index >= 15 is 0 Å². The van der Waals surface area contributed by atoms with Crippen molar-refractivity contribution < 1.29 is 14.3 Å². The third kappa shape index (κ3) is 3.66. The second kappa shape index (κ2) is 7.23. The second-order valence-electron chi connectivity index (χ2n) is 5.87. The van der Waals surface area contributed by atoms with Crippen LogP contribution < -0.4 is 4.90 Å². The summed E-state index contributed by atoms with van der Waals surface area (Å²) in [6, 6.07) is 0. The van der Waals surface area contributed by atoms with Crippen molar-refractivity contribution >= 4 is 28.3 Å². The number of aromatic nitrogens is 5. The fourth-order valence-corrected chi connectivity index (χ4v) is 3.48. The number of nitrogens with zero attached hydrogens (tertiary/aromatic N) is 7. The van der Waals surface area contributed by atoms with E-state index in [2.05, 4.69) is 20.4 Å². The minimum Gasteiger partial charge on any atom is -0.377 e. The normalized spacial score (nSPS) is 17.3. The Bertz CT molecular complexity index is 774. The summed E-state index contributed by atoms with van der Waals surface area (Å²) in [4.78, 5) is 28.0. The summed E-state index contributed by atoms with van der Waals surface area (Å²) in [6.45, 7) is 1.00. The lowest BCUT2D eigenvalue weighted by molar-refractivity contribution is -0.135. The van der Waals surface area contributed by atoms with Crippen LogP contribution in [0.3, 0.4) is 0 Å². The van der Waals surface area contributed by atoms with Gasteiger partial charge in [0.15, 0.2) is 5.82 Å². The molecule has 134 valence electrons. The van der Waals surface area contributed by atoms with Crippen LogP contribution in [0, 0.1) is 5.92 Å². The lowest BCUT2D eigenvalue weighted by Gasteiger charge is -2.20. The molecule has 1 unspecified atom stereocenters. The minimum absolute atomic E-state index is 0.0968. The van der Waals surface area contributed by atoms with Gasteiger partial charge in [-0.25, -0.2) is 0 Å². The number of amides is 2. The molecule has 1 aliphatic rings. The van der Waals surface area contributed by atoms with Crippen molar-refractivity contribution in [3.05, 3.63) is 17.2 Å². The number of aryl methyl sites for hydroxylation is 1. The number of carbonyl (C=O) groups is 2. The molecule has 0 spiro atoms. The predicted octanol–water partition coefficient (Wildman–Crippen LogP) is -0.175. The van der Waals surface area contributed by atoms with Crippen molar-refractivity contribution in [1.82, 2.24) is 29.9 Å². The molecule has 2 amide bonds. The molecular weight excluding hydrogens is 346 g/mol. The lowest BCUT2D eigenvalue weighted by atomic mass is 10.1. The highest BCUT2D eigenvalue weighted by atomic mass is 32.1. The van der Waals surface area contributed by atoms with Crippen molar-refractivity contribution in [1.29, 1.82) is 0 Å². The molecule has 25 heavy (non-hydrogen) atoms. The monoisotopic (exact) mass is 365 g/mol. The summed E-state index contributed by atoms with van der Waals surface area (Å²) in [5.74, 6) is 0.0665. The first-order valence-electron chi connectivity index (χ1n) is 7.69. The van der Waals surface area contributed by atoms with Crippen molar-refractivity contribution in [2.75, 3.05) is 25.6 Å². The molecule has 1 saturated heterocycles. The first-order chi connectivity index (χ1) is 12.0. The average molecular weight is 365 g/mol. The third-order valence-corrected chi connectivity index (χ3v) is 4.91. The molecular formula is C14H19N7O3S. The SMILES string of the molecule is COCc1nnc(N2CC(C(=O)N(C)Cc3nncn3C)CC2=O)s1. The van der Waals surface area contributed by atoms with Gasteiger partial charge < -0.3 is 14.2 Å². The zero-order valence-corrected chi connectivity index (χ0v) is 15.1. The predicted molar refractivity (Wildman–Crippen MR) is 88.6 cm³/mol. The van der Waals surface area contributed by atoms with E-state index in [0.29, 0.717) is 35.7 Å². The fourth-order valence-electron chi connectivity index (χ4n) is 2.65. The molecule has 0 saturated carbocycles. The summed E-state index contributed by atoms with van der Waals surface area (Å²) < 4.78 is 6.77. The Hall–Kier alpha value is -2.40. The first-order valence-corrected chi connectivity index (χ1v) is 8.50. The van der Waals surface area contributed by atoms with Crippen LogP contribution >= 0.6 is 11.3 Å². The van der Waals surface area contributed by atoms with Gasteiger partial charge in [0.05, 0.1) is 12.5 Å². The molecule has 2 aromatic heterocycles. The third-order valence-electron chi connectivity index (χ3n) is 3.99. The number of rotatable bonds is 6. The van der Waals surface area contributed by atoms with E-state index in [0.717, 1.165) is 0 Å². The minimum atomic E-state index is -0.402. The van der Waals surface area contributed by atoms with Gasteiger partial charge >= 0.3 is 0 Å². The number of ether oxygens (including phenoxy) is 1. The smallest absolute Gasteiger partial charge is 0.229 e. The Morgan fingerprint density at radius 3 is 2.92 bits per heavy atom. The summed E-state index contributed by atoms with van der Waals surface area (Å²) in [5, 5.41) is 17.0. The van der Waals surface area contributed by atoms with Gasteiger partial charge in [-0.1, -0.05) is 11.3 Å². The maximum atomic E-state index is 12.6. The maximum Gasteiger partial charge on any atom is 0.229 e. The Balaban J connectivity index is 1.64. The lowest BCUT2D eigenvalue weighted by Crippen LogP contribution is -2.35. The first kappa shape index (κ1) is 17.4. The number of methoxy groups -OCH3 is 1. The van der Waals surface area contributed by atoms with Gasteiger partial charge in [0, 0.05) is 34.2 Å². The largest absolute Gasteiger partial charge is 0.377 e. The van der Waals surface area contributed by atoms with Gasteiger partial charge in [-0.3, -0.25) is 14.5 Å². The van der Waals surface area contributed by atoms with E-state index in [-0.39, 0.29) is 18.2 Å².